The number of nitrogens with one attached hydrogen (secondary N) is 2. The normalized spacial score (nSPS) is 13.1. The molecule has 0 saturated carbocycles. The van der Waals surface area contributed by atoms with Crippen LogP contribution in [-0.4, -0.2) is 42.3 Å². The molecule has 3 N–H and O–H groups in total. The third-order valence-corrected chi connectivity index (χ3v) is 5.47. The van der Waals surface area contributed by atoms with E-state index in [1.54, 1.807) is 0 Å². The van der Waals surface area contributed by atoms with Crippen LogP contribution in [0.15, 0.2) is 48.5 Å². The largest absolute Gasteiger partial charge is 0.481 e. The van der Waals surface area contributed by atoms with Gasteiger partial charge in [0.2, 0.25) is 5.91 Å². The Kier molecular flexibility index (Phi) is 7.65. The number of rotatable bonds is 10. The summed E-state index contributed by atoms with van der Waals surface area (Å²) >= 11 is 0. The standard InChI is InChI=1S/C24H28N2O5/c1-2-16(14-23(28)29)26-22(27)12-7-13-25-24(30)31-15-21-19-10-5-3-8-17(19)18-9-4-6-11-20(18)21/h3-6,8-11,16,21H,2,7,12-15H2,1H3,(H,25,30)(H,26,27)(H,28,29). The van der Waals surface area contributed by atoms with Gasteiger partial charge < -0.3 is 20.5 Å². The van der Waals surface area contributed by atoms with Crippen molar-refractivity contribution in [3.8, 4) is 11.1 Å². The summed E-state index contributed by atoms with van der Waals surface area (Å²) in [4.78, 5) is 34.8. The lowest BCUT2D eigenvalue weighted by molar-refractivity contribution is -0.137. The van der Waals surface area contributed by atoms with Gasteiger partial charge in [-0.3, -0.25) is 9.59 Å². The van der Waals surface area contributed by atoms with Crippen molar-refractivity contribution in [2.45, 2.75) is 44.6 Å². The van der Waals surface area contributed by atoms with Crippen molar-refractivity contribution >= 4 is 18.0 Å². The summed E-state index contributed by atoms with van der Waals surface area (Å²) in [6.07, 6.45) is 0.592. The number of alkyl carbamates (subject to hydrolysis) is 1. The summed E-state index contributed by atoms with van der Waals surface area (Å²) in [6.45, 7) is 2.38. The molecule has 7 heteroatoms. The van der Waals surface area contributed by atoms with Gasteiger partial charge in [-0.05, 0) is 35.1 Å². The molecule has 0 fully saturated rings. The number of fused-ring (bicyclic) bond motifs is 3. The number of hydrogen-bond acceptors (Lipinski definition) is 4. The van der Waals surface area contributed by atoms with Crippen molar-refractivity contribution < 1.29 is 24.2 Å². The molecule has 2 aromatic rings. The summed E-state index contributed by atoms with van der Waals surface area (Å²) in [6, 6.07) is 15.9. The second kappa shape index (κ2) is 10.6. The minimum absolute atomic E-state index is 0.00383. The van der Waals surface area contributed by atoms with Crippen LogP contribution in [0.1, 0.15) is 49.7 Å². The first kappa shape index (κ1) is 22.3. The van der Waals surface area contributed by atoms with Gasteiger partial charge in [-0.15, -0.1) is 0 Å². The molecule has 1 unspecified atom stereocenters. The Morgan fingerprint density at radius 1 is 1.03 bits per heavy atom. The van der Waals surface area contributed by atoms with E-state index in [1.165, 1.54) is 11.1 Å². The van der Waals surface area contributed by atoms with E-state index in [-0.39, 0.29) is 37.3 Å². The Hall–Kier alpha value is -3.35. The first-order chi connectivity index (χ1) is 15.0. The molecule has 0 heterocycles. The molecule has 0 aromatic heterocycles. The fourth-order valence-electron chi connectivity index (χ4n) is 3.90. The van der Waals surface area contributed by atoms with Crippen LogP contribution in [0.2, 0.25) is 0 Å². The maximum absolute atomic E-state index is 12.1. The van der Waals surface area contributed by atoms with Gasteiger partial charge in [0.25, 0.3) is 0 Å². The molecular weight excluding hydrogens is 396 g/mol. The van der Waals surface area contributed by atoms with E-state index in [2.05, 4.69) is 34.9 Å². The van der Waals surface area contributed by atoms with Crippen LogP contribution in [0.4, 0.5) is 4.79 Å². The number of carbonyl (C=O) groups is 3. The number of benzene rings is 2. The minimum atomic E-state index is -0.941. The highest BCUT2D eigenvalue weighted by Crippen LogP contribution is 2.44. The first-order valence-electron chi connectivity index (χ1n) is 10.6. The maximum Gasteiger partial charge on any atom is 0.407 e. The molecule has 7 nitrogen and oxygen atoms in total. The third-order valence-electron chi connectivity index (χ3n) is 5.47. The number of carbonyl (C=O) groups excluding carboxylic acids is 2. The molecule has 31 heavy (non-hydrogen) atoms. The molecule has 0 aliphatic heterocycles. The van der Waals surface area contributed by atoms with Crippen LogP contribution >= 0.6 is 0 Å². The predicted octanol–water partition coefficient (Wildman–Crippen LogP) is 3.67. The average molecular weight is 424 g/mol. The Morgan fingerprint density at radius 2 is 1.65 bits per heavy atom. The number of hydrogen-bond donors (Lipinski definition) is 3. The summed E-state index contributed by atoms with van der Waals surface area (Å²) in [5, 5.41) is 14.2. The van der Waals surface area contributed by atoms with Gasteiger partial charge in [0.1, 0.15) is 6.61 Å². The lowest BCUT2D eigenvalue weighted by Crippen LogP contribution is -2.36. The van der Waals surface area contributed by atoms with Crippen LogP contribution < -0.4 is 10.6 Å². The zero-order valence-corrected chi connectivity index (χ0v) is 17.6. The van der Waals surface area contributed by atoms with Crippen molar-refractivity contribution in [1.82, 2.24) is 10.6 Å². The number of carboxylic acids is 1. The van der Waals surface area contributed by atoms with Crippen LogP contribution in [0, 0.1) is 0 Å². The van der Waals surface area contributed by atoms with E-state index in [0.717, 1.165) is 11.1 Å². The van der Waals surface area contributed by atoms with Crippen LogP contribution in [0.5, 0.6) is 0 Å². The zero-order chi connectivity index (χ0) is 22.2. The van der Waals surface area contributed by atoms with E-state index in [4.69, 9.17) is 9.84 Å². The summed E-state index contributed by atoms with van der Waals surface area (Å²) in [7, 11) is 0. The van der Waals surface area contributed by atoms with Crippen molar-refractivity contribution in [3.63, 3.8) is 0 Å². The van der Waals surface area contributed by atoms with Gasteiger partial charge >= 0.3 is 12.1 Å². The van der Waals surface area contributed by atoms with Crippen LogP contribution in [0.3, 0.4) is 0 Å². The van der Waals surface area contributed by atoms with Crippen molar-refractivity contribution in [2.24, 2.45) is 0 Å². The molecular formula is C24H28N2O5. The summed E-state index contributed by atoms with van der Waals surface area (Å²) < 4.78 is 5.46. The highest BCUT2D eigenvalue weighted by atomic mass is 16.5. The number of aliphatic carboxylic acids is 1. The molecule has 0 radical (unpaired) electrons. The van der Waals surface area contributed by atoms with E-state index in [9.17, 15) is 14.4 Å². The quantitative estimate of drug-likeness (QED) is 0.505. The Morgan fingerprint density at radius 3 is 2.23 bits per heavy atom. The van der Waals surface area contributed by atoms with Gasteiger partial charge in [0, 0.05) is 24.9 Å². The van der Waals surface area contributed by atoms with Gasteiger partial charge in [0.05, 0.1) is 6.42 Å². The number of ether oxygens (including phenoxy) is 1. The second-order valence-corrected chi connectivity index (χ2v) is 7.63. The molecule has 0 bridgehead atoms. The molecule has 1 aliphatic carbocycles. The van der Waals surface area contributed by atoms with Crippen LogP contribution in [-0.2, 0) is 14.3 Å². The lowest BCUT2D eigenvalue weighted by atomic mass is 9.98. The first-order valence-corrected chi connectivity index (χ1v) is 10.6. The molecule has 2 amide bonds. The Bertz CT molecular complexity index is 898. The van der Waals surface area contributed by atoms with E-state index in [1.807, 2.05) is 31.2 Å². The highest BCUT2D eigenvalue weighted by Gasteiger charge is 2.28. The SMILES string of the molecule is CCC(CC(=O)O)NC(=O)CCCNC(=O)OCC1c2ccccc2-c2ccccc21. The smallest absolute Gasteiger partial charge is 0.407 e. The molecule has 0 spiro atoms. The lowest BCUT2D eigenvalue weighted by Gasteiger charge is -2.15. The average Bonchev–Trinajstić information content (AvgIpc) is 3.08. The minimum Gasteiger partial charge on any atom is -0.481 e. The molecule has 0 saturated heterocycles. The van der Waals surface area contributed by atoms with Crippen molar-refractivity contribution in [1.29, 1.82) is 0 Å². The summed E-state index contributed by atoms with van der Waals surface area (Å²) in [5.74, 6) is -1.16. The Balaban J connectivity index is 1.41. The molecule has 164 valence electrons. The van der Waals surface area contributed by atoms with Crippen molar-refractivity contribution in [2.75, 3.05) is 13.2 Å². The topological polar surface area (TPSA) is 105 Å². The second-order valence-electron chi connectivity index (χ2n) is 7.63. The highest BCUT2D eigenvalue weighted by molar-refractivity contribution is 5.79. The molecule has 1 aliphatic rings. The fourth-order valence-corrected chi connectivity index (χ4v) is 3.90. The van der Waals surface area contributed by atoms with Gasteiger partial charge in [0.15, 0.2) is 0 Å². The fraction of sp³-hybridized carbons (Fsp3) is 0.375. The molecule has 1 atom stereocenters. The number of amides is 2. The monoisotopic (exact) mass is 424 g/mol. The van der Waals surface area contributed by atoms with E-state index < -0.39 is 12.1 Å². The van der Waals surface area contributed by atoms with Gasteiger partial charge in [-0.25, -0.2) is 4.79 Å². The zero-order valence-electron chi connectivity index (χ0n) is 17.6. The van der Waals surface area contributed by atoms with Crippen LogP contribution in [0.25, 0.3) is 11.1 Å². The number of carboxylic acid groups (broad SMARTS) is 1. The molecule has 2 aromatic carbocycles. The predicted molar refractivity (Wildman–Crippen MR) is 117 cm³/mol. The van der Waals surface area contributed by atoms with Gasteiger partial charge in [-0.1, -0.05) is 55.5 Å². The maximum atomic E-state index is 12.1. The van der Waals surface area contributed by atoms with Crippen molar-refractivity contribution in [3.05, 3.63) is 59.7 Å². The molecule has 3 rings (SSSR count). The van der Waals surface area contributed by atoms with E-state index >= 15 is 0 Å². The Labute approximate surface area is 181 Å². The van der Waals surface area contributed by atoms with Gasteiger partial charge in [-0.2, -0.15) is 0 Å². The summed E-state index contributed by atoms with van der Waals surface area (Å²) in [5.41, 5.74) is 4.65. The third kappa shape index (κ3) is 5.84. The van der Waals surface area contributed by atoms with E-state index in [0.29, 0.717) is 19.4 Å².